The van der Waals surface area contributed by atoms with Crippen molar-refractivity contribution in [1.29, 1.82) is 0 Å². The molecule has 21 heavy (non-hydrogen) atoms. The molecular weight excluding hydrogens is 286 g/mol. The second kappa shape index (κ2) is 6.35. The summed E-state index contributed by atoms with van der Waals surface area (Å²) in [5.41, 5.74) is 0.770. The lowest BCUT2D eigenvalue weighted by molar-refractivity contribution is -0.136. The molecule has 5 heteroatoms. The van der Waals surface area contributed by atoms with E-state index in [9.17, 15) is 4.79 Å². The summed E-state index contributed by atoms with van der Waals surface area (Å²) < 4.78 is 5.74. The summed E-state index contributed by atoms with van der Waals surface area (Å²) in [7, 11) is 0. The van der Waals surface area contributed by atoms with Crippen LogP contribution in [0.3, 0.4) is 0 Å². The van der Waals surface area contributed by atoms with Crippen molar-refractivity contribution >= 4 is 17.7 Å². The molecule has 0 unspecified atom stereocenters. The number of carboxylic acid groups (broad SMARTS) is 1. The van der Waals surface area contributed by atoms with Crippen LogP contribution >= 0.6 is 11.8 Å². The number of nitrogens with zero attached hydrogens (tertiary/aromatic N) is 1. The van der Waals surface area contributed by atoms with E-state index in [0.29, 0.717) is 11.6 Å². The van der Waals surface area contributed by atoms with Crippen LogP contribution in [0, 0.1) is 0 Å². The smallest absolute Gasteiger partial charge is 0.307 e. The van der Waals surface area contributed by atoms with Crippen molar-refractivity contribution in [2.45, 2.75) is 43.3 Å². The molecule has 0 aliphatic heterocycles. The minimum absolute atomic E-state index is 0.0333. The molecule has 2 aromatic rings. The van der Waals surface area contributed by atoms with E-state index < -0.39 is 5.97 Å². The first-order valence-corrected chi connectivity index (χ1v) is 7.72. The predicted molar refractivity (Wildman–Crippen MR) is 82.5 cm³/mol. The Kier molecular flexibility index (Phi) is 4.73. The topological polar surface area (TPSA) is 63.3 Å². The number of rotatable bonds is 5. The van der Waals surface area contributed by atoms with Crippen LogP contribution in [-0.2, 0) is 22.4 Å². The zero-order valence-corrected chi connectivity index (χ0v) is 13.2. The summed E-state index contributed by atoms with van der Waals surface area (Å²) in [4.78, 5) is 16.0. The van der Waals surface area contributed by atoms with Crippen molar-refractivity contribution in [1.82, 2.24) is 4.98 Å². The monoisotopic (exact) mass is 305 g/mol. The number of oxazole rings is 1. The van der Waals surface area contributed by atoms with Crippen molar-refractivity contribution < 1.29 is 14.3 Å². The zero-order chi connectivity index (χ0) is 15.5. The molecule has 1 aromatic heterocycles. The fourth-order valence-electron chi connectivity index (χ4n) is 1.75. The van der Waals surface area contributed by atoms with Gasteiger partial charge in [-0.15, -0.1) is 11.8 Å². The number of aliphatic carboxylic acids is 1. The van der Waals surface area contributed by atoms with E-state index in [1.807, 2.05) is 24.3 Å². The molecule has 0 spiro atoms. The molecule has 0 saturated carbocycles. The number of hydrogen-bond donors (Lipinski definition) is 1. The number of aromatic nitrogens is 1. The minimum Gasteiger partial charge on any atom is -0.481 e. The fraction of sp³-hybridized carbons (Fsp3) is 0.375. The molecule has 0 fully saturated rings. The van der Waals surface area contributed by atoms with Gasteiger partial charge >= 0.3 is 5.97 Å². The molecule has 0 saturated heterocycles. The third-order valence-electron chi connectivity index (χ3n) is 2.93. The van der Waals surface area contributed by atoms with Crippen LogP contribution < -0.4 is 0 Å². The summed E-state index contributed by atoms with van der Waals surface area (Å²) in [6.07, 6.45) is 1.84. The van der Waals surface area contributed by atoms with Crippen LogP contribution in [-0.4, -0.2) is 16.1 Å². The Morgan fingerprint density at radius 2 is 1.95 bits per heavy atom. The molecule has 1 heterocycles. The second-order valence-corrected chi connectivity index (χ2v) is 6.92. The average Bonchev–Trinajstić information content (AvgIpc) is 2.86. The van der Waals surface area contributed by atoms with E-state index >= 15 is 0 Å². The van der Waals surface area contributed by atoms with Gasteiger partial charge in [0.1, 0.15) is 5.76 Å². The van der Waals surface area contributed by atoms with Gasteiger partial charge in [0.25, 0.3) is 0 Å². The lowest BCUT2D eigenvalue weighted by Crippen LogP contribution is -2.09. The summed E-state index contributed by atoms with van der Waals surface area (Å²) in [6.45, 7) is 6.27. The first-order chi connectivity index (χ1) is 9.84. The Labute approximate surface area is 128 Å². The maximum Gasteiger partial charge on any atom is 0.307 e. The van der Waals surface area contributed by atoms with Gasteiger partial charge in [0.15, 0.2) is 0 Å². The quantitative estimate of drug-likeness (QED) is 0.849. The first kappa shape index (κ1) is 15.6. The van der Waals surface area contributed by atoms with E-state index in [2.05, 4.69) is 25.8 Å². The van der Waals surface area contributed by atoms with Crippen LogP contribution in [0.1, 0.15) is 38.0 Å². The molecule has 0 amide bonds. The molecule has 112 valence electrons. The van der Waals surface area contributed by atoms with Crippen molar-refractivity contribution in [3.8, 4) is 0 Å². The van der Waals surface area contributed by atoms with Gasteiger partial charge < -0.3 is 9.52 Å². The highest BCUT2D eigenvalue weighted by atomic mass is 32.2. The number of carboxylic acids is 1. The molecule has 0 bridgehead atoms. The molecule has 1 aromatic carbocycles. The SMILES string of the molecule is CC(C)(C)c1cnc(CSc2ccc(CC(=O)O)cc2)o1. The van der Waals surface area contributed by atoms with Crippen LogP contribution in [0.5, 0.6) is 0 Å². The fourth-order valence-corrected chi connectivity index (χ4v) is 2.50. The van der Waals surface area contributed by atoms with E-state index in [1.54, 1.807) is 18.0 Å². The van der Waals surface area contributed by atoms with Gasteiger partial charge in [-0.1, -0.05) is 32.9 Å². The molecule has 0 radical (unpaired) electrons. The molecular formula is C16H19NO3S. The molecule has 0 atom stereocenters. The number of hydrogen-bond acceptors (Lipinski definition) is 4. The van der Waals surface area contributed by atoms with Crippen LogP contribution in [0.15, 0.2) is 39.8 Å². The highest BCUT2D eigenvalue weighted by Gasteiger charge is 2.19. The van der Waals surface area contributed by atoms with Crippen molar-refractivity contribution in [3.05, 3.63) is 47.7 Å². The van der Waals surface area contributed by atoms with Gasteiger partial charge in [-0.25, -0.2) is 4.98 Å². The summed E-state index contributed by atoms with van der Waals surface area (Å²) in [6, 6.07) is 7.53. The van der Waals surface area contributed by atoms with E-state index in [-0.39, 0.29) is 11.8 Å². The van der Waals surface area contributed by atoms with Crippen molar-refractivity contribution in [2.75, 3.05) is 0 Å². The lowest BCUT2D eigenvalue weighted by Gasteiger charge is -2.13. The maximum atomic E-state index is 10.6. The summed E-state index contributed by atoms with van der Waals surface area (Å²) in [5, 5.41) is 8.73. The standard InChI is InChI=1S/C16H19NO3S/c1-16(2,3)13-9-17-14(20-13)10-21-12-6-4-11(5-7-12)8-15(18)19/h4-7,9H,8,10H2,1-3H3,(H,18,19). The predicted octanol–water partition coefficient (Wildman–Crippen LogP) is 3.89. The van der Waals surface area contributed by atoms with E-state index in [1.165, 1.54) is 0 Å². The van der Waals surface area contributed by atoms with Crippen LogP contribution in [0.2, 0.25) is 0 Å². The molecule has 0 aliphatic carbocycles. The molecule has 4 nitrogen and oxygen atoms in total. The first-order valence-electron chi connectivity index (χ1n) is 6.73. The zero-order valence-electron chi connectivity index (χ0n) is 12.4. The van der Waals surface area contributed by atoms with Gasteiger partial charge in [-0.2, -0.15) is 0 Å². The van der Waals surface area contributed by atoms with E-state index in [4.69, 9.17) is 9.52 Å². The van der Waals surface area contributed by atoms with Gasteiger partial charge in [0, 0.05) is 10.3 Å². The third-order valence-corrected chi connectivity index (χ3v) is 3.93. The number of thioether (sulfide) groups is 1. The van der Waals surface area contributed by atoms with Gasteiger partial charge in [0.2, 0.25) is 5.89 Å². The van der Waals surface area contributed by atoms with Gasteiger partial charge in [-0.05, 0) is 17.7 Å². The normalized spacial score (nSPS) is 11.6. The Morgan fingerprint density at radius 1 is 1.29 bits per heavy atom. The minimum atomic E-state index is -0.815. The Hall–Kier alpha value is -1.75. The van der Waals surface area contributed by atoms with Gasteiger partial charge in [0.05, 0.1) is 18.4 Å². The third kappa shape index (κ3) is 4.63. The summed E-state index contributed by atoms with van der Waals surface area (Å²) >= 11 is 1.62. The van der Waals surface area contributed by atoms with Crippen molar-refractivity contribution in [2.24, 2.45) is 0 Å². The Bertz CT molecular complexity index is 611. The Balaban J connectivity index is 1.94. The number of benzene rings is 1. The van der Waals surface area contributed by atoms with E-state index in [0.717, 1.165) is 16.2 Å². The lowest BCUT2D eigenvalue weighted by atomic mass is 9.94. The van der Waals surface area contributed by atoms with Crippen molar-refractivity contribution in [3.63, 3.8) is 0 Å². The Morgan fingerprint density at radius 3 is 2.48 bits per heavy atom. The molecule has 1 N–H and O–H groups in total. The van der Waals surface area contributed by atoms with Crippen LogP contribution in [0.25, 0.3) is 0 Å². The highest BCUT2D eigenvalue weighted by molar-refractivity contribution is 7.98. The largest absolute Gasteiger partial charge is 0.481 e. The van der Waals surface area contributed by atoms with Gasteiger partial charge in [-0.3, -0.25) is 4.79 Å². The average molecular weight is 305 g/mol. The van der Waals surface area contributed by atoms with Crippen LogP contribution in [0.4, 0.5) is 0 Å². The molecule has 0 aliphatic rings. The summed E-state index contributed by atoms with van der Waals surface area (Å²) in [5.74, 6) is 1.44. The highest BCUT2D eigenvalue weighted by Crippen LogP contribution is 2.27. The molecule has 2 rings (SSSR count). The number of carbonyl (C=O) groups is 1. The second-order valence-electron chi connectivity index (χ2n) is 5.87. The maximum absolute atomic E-state index is 10.6.